The normalized spacial score (nSPS) is 16.1. The Morgan fingerprint density at radius 1 is 1.33 bits per heavy atom. The van der Waals surface area contributed by atoms with Crippen molar-refractivity contribution in [1.82, 2.24) is 25.2 Å². The lowest BCUT2D eigenvalue weighted by molar-refractivity contribution is -0.131. The second-order valence-corrected chi connectivity index (χ2v) is 8.03. The fraction of sp³-hybridized carbons (Fsp3) is 0.381. The van der Waals surface area contributed by atoms with Crippen molar-refractivity contribution in [3.05, 3.63) is 52.6 Å². The fourth-order valence-electron chi connectivity index (χ4n) is 3.74. The number of halogens is 1. The third kappa shape index (κ3) is 4.00. The number of aryl methyl sites for hydroxylation is 1. The van der Waals surface area contributed by atoms with Crippen molar-refractivity contribution in [2.75, 3.05) is 25.5 Å². The van der Waals surface area contributed by atoms with Crippen LogP contribution in [0.1, 0.15) is 36.0 Å². The molecule has 1 aliphatic heterocycles. The molecule has 3 aromatic rings. The zero-order chi connectivity index (χ0) is 21.3. The van der Waals surface area contributed by atoms with E-state index in [0.29, 0.717) is 28.9 Å². The molecule has 0 aliphatic carbocycles. The molecule has 1 unspecified atom stereocenters. The number of hydrogen-bond acceptors (Lipinski definition) is 7. The van der Waals surface area contributed by atoms with Gasteiger partial charge in [0.25, 0.3) is 0 Å². The number of likely N-dealkylation sites (tertiary alicyclic amines) is 1. The first-order chi connectivity index (χ1) is 14.4. The third-order valence-corrected chi connectivity index (χ3v) is 5.53. The second-order valence-electron chi connectivity index (χ2n) is 7.59. The maximum Gasteiger partial charge on any atom is 0.229 e. The van der Waals surface area contributed by atoms with Gasteiger partial charge in [0, 0.05) is 37.4 Å². The lowest BCUT2D eigenvalue weighted by Gasteiger charge is -2.26. The molecule has 0 saturated carbocycles. The number of carbonyl (C=O) groups excluding carboxylic acids is 1. The molecule has 1 atom stereocenters. The molecule has 4 rings (SSSR count). The number of amides is 1. The van der Waals surface area contributed by atoms with Crippen molar-refractivity contribution < 1.29 is 9.42 Å². The summed E-state index contributed by atoms with van der Waals surface area (Å²) in [5, 5.41) is 8.27. The quantitative estimate of drug-likeness (QED) is 0.617. The summed E-state index contributed by atoms with van der Waals surface area (Å²) in [7, 11) is 3.80. The second kappa shape index (κ2) is 8.39. The van der Waals surface area contributed by atoms with Crippen LogP contribution >= 0.6 is 11.6 Å². The van der Waals surface area contributed by atoms with Crippen molar-refractivity contribution in [3.8, 4) is 11.1 Å². The van der Waals surface area contributed by atoms with E-state index in [1.165, 1.54) is 0 Å². The summed E-state index contributed by atoms with van der Waals surface area (Å²) >= 11 is 6.23. The first kappa shape index (κ1) is 20.3. The minimum atomic E-state index is -0.145. The monoisotopic (exact) mass is 426 g/mol. The summed E-state index contributed by atoms with van der Waals surface area (Å²) in [6, 6.07) is 7.46. The Hall–Kier alpha value is -3.00. The van der Waals surface area contributed by atoms with E-state index in [1.807, 2.05) is 54.4 Å². The highest BCUT2D eigenvalue weighted by Gasteiger charge is 2.34. The van der Waals surface area contributed by atoms with Gasteiger partial charge in [-0.3, -0.25) is 4.79 Å². The smallest absolute Gasteiger partial charge is 0.229 e. The van der Waals surface area contributed by atoms with Crippen LogP contribution in [0.3, 0.4) is 0 Å². The van der Waals surface area contributed by atoms with E-state index in [9.17, 15) is 4.79 Å². The molecule has 0 radical (unpaired) electrons. The number of rotatable bonds is 5. The third-order valence-electron chi connectivity index (χ3n) is 5.30. The Morgan fingerprint density at radius 2 is 2.17 bits per heavy atom. The van der Waals surface area contributed by atoms with Crippen LogP contribution in [-0.4, -0.2) is 51.7 Å². The van der Waals surface area contributed by atoms with Crippen LogP contribution < -0.4 is 4.90 Å². The maximum absolute atomic E-state index is 13.1. The van der Waals surface area contributed by atoms with Crippen LogP contribution in [0.2, 0.25) is 5.02 Å². The van der Waals surface area contributed by atoms with E-state index in [0.717, 1.165) is 29.7 Å². The highest BCUT2D eigenvalue weighted by Crippen LogP contribution is 2.38. The molecule has 1 amide bonds. The van der Waals surface area contributed by atoms with Gasteiger partial charge in [0.2, 0.25) is 11.9 Å². The molecule has 1 saturated heterocycles. The van der Waals surface area contributed by atoms with E-state index in [1.54, 1.807) is 6.92 Å². The van der Waals surface area contributed by atoms with Crippen LogP contribution in [0.15, 0.2) is 35.1 Å². The molecule has 2 aromatic heterocycles. The van der Waals surface area contributed by atoms with Crippen LogP contribution in [0.25, 0.3) is 11.1 Å². The highest BCUT2D eigenvalue weighted by atomic mass is 35.5. The van der Waals surface area contributed by atoms with Gasteiger partial charge in [-0.1, -0.05) is 34.0 Å². The van der Waals surface area contributed by atoms with Crippen molar-refractivity contribution in [2.24, 2.45) is 0 Å². The van der Waals surface area contributed by atoms with Gasteiger partial charge in [-0.2, -0.15) is 0 Å². The maximum atomic E-state index is 13.1. The number of aromatic nitrogens is 4. The predicted molar refractivity (Wildman–Crippen MR) is 113 cm³/mol. The Labute approximate surface area is 179 Å². The first-order valence-electron chi connectivity index (χ1n) is 9.81. The van der Waals surface area contributed by atoms with Crippen LogP contribution in [-0.2, 0) is 11.2 Å². The largest absolute Gasteiger partial charge is 0.347 e. The number of benzene rings is 1. The molecule has 1 fully saturated rings. The van der Waals surface area contributed by atoms with Gasteiger partial charge in [-0.25, -0.2) is 14.6 Å². The Bertz CT molecular complexity index is 1070. The molecule has 3 heterocycles. The molecule has 0 N–H and O–H groups in total. The summed E-state index contributed by atoms with van der Waals surface area (Å²) in [5.74, 6) is 0.588. The Kier molecular flexibility index (Phi) is 5.67. The Balaban J connectivity index is 1.72. The number of carbonyl (C=O) groups is 1. The van der Waals surface area contributed by atoms with Gasteiger partial charge in [-0.15, -0.1) is 0 Å². The fourth-order valence-corrected chi connectivity index (χ4v) is 3.93. The minimum Gasteiger partial charge on any atom is -0.347 e. The summed E-state index contributed by atoms with van der Waals surface area (Å²) in [6.07, 6.45) is 3.71. The predicted octanol–water partition coefficient (Wildman–Crippen LogP) is 3.46. The first-order valence-corrected chi connectivity index (χ1v) is 10.2. The number of hydrogen-bond donors (Lipinski definition) is 0. The van der Waals surface area contributed by atoms with Gasteiger partial charge >= 0.3 is 0 Å². The molecule has 1 aliphatic rings. The number of nitrogens with zero attached hydrogens (tertiary/aromatic N) is 6. The molecule has 1 aromatic carbocycles. The average molecular weight is 427 g/mol. The zero-order valence-corrected chi connectivity index (χ0v) is 17.9. The standard InChI is InChI=1S/C21H23ClN6O2/c1-13-17(26-30-25-13)11-19(29)28-9-5-8-18(28)20-16(12-23-21(24-20)27(2)3)14-6-4-7-15(22)10-14/h4,6-7,10,12,18H,5,8-9,11H2,1-3H3. The SMILES string of the molecule is Cc1nonc1CC(=O)N1CCCC1c1nc(N(C)C)ncc1-c1cccc(Cl)c1. The minimum absolute atomic E-state index is 0.0154. The van der Waals surface area contributed by atoms with Crippen LogP contribution in [0, 0.1) is 6.92 Å². The van der Waals surface area contributed by atoms with Gasteiger partial charge in [0.15, 0.2) is 0 Å². The zero-order valence-electron chi connectivity index (χ0n) is 17.2. The van der Waals surface area contributed by atoms with Crippen LogP contribution in [0.4, 0.5) is 5.95 Å². The molecular weight excluding hydrogens is 404 g/mol. The molecule has 0 bridgehead atoms. The molecular formula is C21H23ClN6O2. The van der Waals surface area contributed by atoms with Crippen molar-refractivity contribution in [3.63, 3.8) is 0 Å². The van der Waals surface area contributed by atoms with E-state index in [2.05, 4.69) is 15.3 Å². The highest BCUT2D eigenvalue weighted by molar-refractivity contribution is 6.30. The molecule has 8 nitrogen and oxygen atoms in total. The summed E-state index contributed by atoms with van der Waals surface area (Å²) < 4.78 is 4.74. The van der Waals surface area contributed by atoms with Gasteiger partial charge in [-0.05, 0) is 37.5 Å². The lowest BCUT2D eigenvalue weighted by Crippen LogP contribution is -2.33. The topological polar surface area (TPSA) is 88.2 Å². The summed E-state index contributed by atoms with van der Waals surface area (Å²) in [5.41, 5.74) is 3.84. The summed E-state index contributed by atoms with van der Waals surface area (Å²) in [6.45, 7) is 2.45. The molecule has 156 valence electrons. The van der Waals surface area contributed by atoms with Gasteiger partial charge in [0.05, 0.1) is 18.2 Å². The Morgan fingerprint density at radius 3 is 2.87 bits per heavy atom. The molecule has 0 spiro atoms. The summed E-state index contributed by atoms with van der Waals surface area (Å²) in [4.78, 5) is 26.2. The average Bonchev–Trinajstić information content (AvgIpc) is 3.37. The van der Waals surface area contributed by atoms with Crippen molar-refractivity contribution in [2.45, 2.75) is 32.2 Å². The molecule has 30 heavy (non-hydrogen) atoms. The van der Waals surface area contributed by atoms with E-state index in [-0.39, 0.29) is 18.4 Å². The number of anilines is 1. The van der Waals surface area contributed by atoms with E-state index in [4.69, 9.17) is 21.2 Å². The molecule has 9 heteroatoms. The van der Waals surface area contributed by atoms with Crippen molar-refractivity contribution >= 4 is 23.5 Å². The van der Waals surface area contributed by atoms with Crippen LogP contribution in [0.5, 0.6) is 0 Å². The van der Waals surface area contributed by atoms with E-state index >= 15 is 0 Å². The van der Waals surface area contributed by atoms with Gasteiger partial charge in [0.1, 0.15) is 11.4 Å². The van der Waals surface area contributed by atoms with Crippen molar-refractivity contribution in [1.29, 1.82) is 0 Å². The lowest BCUT2D eigenvalue weighted by atomic mass is 9.99. The van der Waals surface area contributed by atoms with E-state index < -0.39 is 0 Å². The van der Waals surface area contributed by atoms with Gasteiger partial charge < -0.3 is 9.80 Å².